The molecule has 0 saturated carbocycles. The second-order valence-electron chi connectivity index (χ2n) is 8.37. The second kappa shape index (κ2) is 17.4. The van der Waals surface area contributed by atoms with Crippen molar-refractivity contribution in [2.75, 3.05) is 7.05 Å². The smallest absolute Gasteiger partial charge is 0.0668 e. The van der Waals surface area contributed by atoms with Crippen LogP contribution in [0.2, 0.25) is 0 Å². The lowest BCUT2D eigenvalue weighted by atomic mass is 9.93. The Labute approximate surface area is 198 Å². The van der Waals surface area contributed by atoms with Gasteiger partial charge in [-0.25, -0.2) is 0 Å². The topological polar surface area (TPSA) is 24.4 Å². The lowest BCUT2D eigenvalue weighted by molar-refractivity contribution is 0.644. The van der Waals surface area contributed by atoms with Crippen LogP contribution in [0.3, 0.4) is 0 Å². The summed E-state index contributed by atoms with van der Waals surface area (Å²) in [4.78, 5) is 5.33. The number of nitrogens with one attached hydrogen (secondary N) is 1. The molecule has 0 bridgehead atoms. The van der Waals surface area contributed by atoms with Crippen molar-refractivity contribution in [2.24, 2.45) is 16.8 Å². The first kappa shape index (κ1) is 27.9. The van der Waals surface area contributed by atoms with E-state index in [0.717, 1.165) is 44.9 Å². The van der Waals surface area contributed by atoms with Crippen molar-refractivity contribution in [1.82, 2.24) is 5.32 Å². The summed E-state index contributed by atoms with van der Waals surface area (Å²) in [5.74, 6) is 7.13. The maximum atomic E-state index is 5.33. The second-order valence-corrected chi connectivity index (χ2v) is 8.37. The first-order chi connectivity index (χ1) is 15.6. The van der Waals surface area contributed by atoms with Crippen LogP contribution in [0.25, 0.3) is 0 Å². The van der Waals surface area contributed by atoms with Gasteiger partial charge in [-0.15, -0.1) is 5.92 Å². The molecule has 0 amide bonds. The summed E-state index contributed by atoms with van der Waals surface area (Å²) < 4.78 is 0. The van der Waals surface area contributed by atoms with E-state index in [9.17, 15) is 0 Å². The molecule has 1 aliphatic carbocycles. The van der Waals surface area contributed by atoms with Crippen LogP contribution in [0.5, 0.6) is 0 Å². The van der Waals surface area contributed by atoms with Crippen LogP contribution < -0.4 is 5.32 Å². The van der Waals surface area contributed by atoms with Gasteiger partial charge in [-0.05, 0) is 72.8 Å². The normalized spacial score (nSPS) is 21.9. The Morgan fingerprint density at radius 3 is 2.72 bits per heavy atom. The number of aliphatic imine (C=N–C) groups is 1. The zero-order valence-electron chi connectivity index (χ0n) is 21.5. The number of rotatable bonds is 11. The summed E-state index contributed by atoms with van der Waals surface area (Å²) in [6.07, 6.45) is 26.7. The molecule has 0 spiro atoms. The molecule has 2 heteroatoms. The fourth-order valence-corrected chi connectivity index (χ4v) is 4.27. The van der Waals surface area contributed by atoms with Gasteiger partial charge in [0.15, 0.2) is 0 Å². The lowest BCUT2D eigenvalue weighted by Crippen LogP contribution is -2.36. The molecule has 0 aromatic carbocycles. The first-order valence-corrected chi connectivity index (χ1v) is 12.6. The van der Waals surface area contributed by atoms with Crippen molar-refractivity contribution < 1.29 is 0 Å². The molecule has 0 fully saturated rings. The standard InChI is InChI=1S/C30H46N2/c1-7-12-14-22-29(26(18-9-3)19-10-4)32-28(11-5)30(31-6)27-21-16-13-15-20-25(17-8-2)23-24-27/h7,9,12,15,18,20,22,24-26,30-31H,10-11,13-14,16,19,21,23H2,1-6H3/b12-7+,18-9?,20-15?,27-24+,29-22?,32-28?/t25?,26?,30-/m1/s1. The van der Waals surface area contributed by atoms with Crippen LogP contribution in [-0.4, -0.2) is 18.8 Å². The van der Waals surface area contributed by atoms with Crippen LogP contribution in [0.1, 0.15) is 86.0 Å². The largest absolute Gasteiger partial charge is 0.309 e. The molecule has 0 aliphatic heterocycles. The van der Waals surface area contributed by atoms with E-state index in [1.807, 2.05) is 6.92 Å². The predicted molar refractivity (Wildman–Crippen MR) is 144 cm³/mol. The molecule has 0 radical (unpaired) electrons. The van der Waals surface area contributed by atoms with Gasteiger partial charge in [-0.2, -0.15) is 0 Å². The Morgan fingerprint density at radius 2 is 2.09 bits per heavy atom. The third kappa shape index (κ3) is 10.0. The average molecular weight is 435 g/mol. The third-order valence-corrected chi connectivity index (χ3v) is 5.90. The highest BCUT2D eigenvalue weighted by molar-refractivity contribution is 5.93. The highest BCUT2D eigenvalue weighted by Crippen LogP contribution is 2.25. The molecule has 1 aliphatic rings. The lowest BCUT2D eigenvalue weighted by Gasteiger charge is -2.24. The minimum absolute atomic E-state index is 0.186. The summed E-state index contributed by atoms with van der Waals surface area (Å²) in [6, 6.07) is 0.186. The van der Waals surface area contributed by atoms with Gasteiger partial charge in [0.05, 0.1) is 6.04 Å². The maximum Gasteiger partial charge on any atom is 0.0668 e. The summed E-state index contributed by atoms with van der Waals surface area (Å²) >= 11 is 0. The molecule has 0 aromatic rings. The van der Waals surface area contributed by atoms with Gasteiger partial charge in [0.25, 0.3) is 0 Å². The molecule has 2 unspecified atom stereocenters. The monoisotopic (exact) mass is 434 g/mol. The van der Waals surface area contributed by atoms with Crippen molar-refractivity contribution in [1.29, 1.82) is 0 Å². The van der Waals surface area contributed by atoms with Gasteiger partial charge < -0.3 is 5.32 Å². The van der Waals surface area contributed by atoms with E-state index < -0.39 is 0 Å². The van der Waals surface area contributed by atoms with E-state index in [0.29, 0.717) is 11.8 Å². The zero-order chi connectivity index (χ0) is 23.6. The third-order valence-electron chi connectivity index (χ3n) is 5.90. The Balaban J connectivity index is 3.35. The van der Waals surface area contributed by atoms with Crippen molar-refractivity contribution in [3.8, 4) is 11.8 Å². The number of likely N-dealkylation sites (N-methyl/N-ethyl adjacent to an activating group) is 1. The van der Waals surface area contributed by atoms with Gasteiger partial charge >= 0.3 is 0 Å². The van der Waals surface area contributed by atoms with E-state index in [2.05, 4.69) is 101 Å². The van der Waals surface area contributed by atoms with Crippen molar-refractivity contribution in [3.63, 3.8) is 0 Å². The first-order valence-electron chi connectivity index (χ1n) is 12.6. The predicted octanol–water partition coefficient (Wildman–Crippen LogP) is 7.96. The number of nitrogens with zero attached hydrogens (tertiary/aromatic N) is 1. The summed E-state index contributed by atoms with van der Waals surface area (Å²) in [5, 5.41) is 3.60. The number of hydrogen-bond acceptors (Lipinski definition) is 2. The Hall–Kier alpha value is -2.11. The van der Waals surface area contributed by atoms with Gasteiger partial charge in [-0.3, -0.25) is 4.99 Å². The van der Waals surface area contributed by atoms with Crippen LogP contribution in [0.15, 0.2) is 64.9 Å². The van der Waals surface area contributed by atoms with Crippen LogP contribution in [0, 0.1) is 23.7 Å². The van der Waals surface area contributed by atoms with Crippen LogP contribution in [-0.2, 0) is 0 Å². The van der Waals surface area contributed by atoms with Gasteiger partial charge in [-0.1, -0.05) is 80.4 Å². The maximum absolute atomic E-state index is 5.33. The van der Waals surface area contributed by atoms with E-state index in [4.69, 9.17) is 4.99 Å². The minimum Gasteiger partial charge on any atom is -0.309 e. The van der Waals surface area contributed by atoms with Gasteiger partial charge in [0, 0.05) is 23.2 Å². The molecular weight excluding hydrogens is 388 g/mol. The highest BCUT2D eigenvalue weighted by atomic mass is 14.9. The quantitative estimate of drug-likeness (QED) is 0.199. The number of hydrogen-bond donors (Lipinski definition) is 1. The summed E-state index contributed by atoms with van der Waals surface area (Å²) in [5.41, 5.74) is 3.91. The fourth-order valence-electron chi connectivity index (χ4n) is 4.27. The summed E-state index contributed by atoms with van der Waals surface area (Å²) in [7, 11) is 2.07. The zero-order valence-corrected chi connectivity index (χ0v) is 21.5. The SMILES string of the molecule is CC#CC1C=CCCC/C([C@@H](NC)C(CC)=NC(=CC/C=C/C)C(C=CC)CCC)=C\C1. The average Bonchev–Trinajstić information content (AvgIpc) is 2.91. The van der Waals surface area contributed by atoms with Gasteiger partial charge in [0.1, 0.15) is 0 Å². The van der Waals surface area contributed by atoms with Crippen molar-refractivity contribution in [2.45, 2.75) is 92.0 Å². The molecular formula is C30H46N2. The van der Waals surface area contributed by atoms with Crippen molar-refractivity contribution in [3.05, 3.63) is 59.9 Å². The highest BCUT2D eigenvalue weighted by Gasteiger charge is 2.20. The van der Waals surface area contributed by atoms with E-state index in [-0.39, 0.29) is 6.04 Å². The molecule has 3 atom stereocenters. The van der Waals surface area contributed by atoms with Gasteiger partial charge in [0.2, 0.25) is 0 Å². The number of allylic oxidation sites excluding steroid dienone is 8. The Morgan fingerprint density at radius 1 is 1.28 bits per heavy atom. The molecule has 1 N–H and O–H groups in total. The van der Waals surface area contributed by atoms with Crippen LogP contribution in [0.4, 0.5) is 0 Å². The minimum atomic E-state index is 0.186. The molecule has 176 valence electrons. The molecule has 0 saturated heterocycles. The van der Waals surface area contributed by atoms with E-state index >= 15 is 0 Å². The molecule has 32 heavy (non-hydrogen) atoms. The van der Waals surface area contributed by atoms with E-state index in [1.54, 1.807) is 0 Å². The molecule has 0 heterocycles. The molecule has 1 rings (SSSR count). The fraction of sp³-hybridized carbons (Fsp3) is 0.567. The Kier molecular flexibility index (Phi) is 15.2. The van der Waals surface area contributed by atoms with Crippen LogP contribution >= 0.6 is 0 Å². The molecule has 0 aromatic heterocycles. The summed E-state index contributed by atoms with van der Waals surface area (Å²) in [6.45, 7) is 10.6. The van der Waals surface area contributed by atoms with E-state index in [1.165, 1.54) is 23.4 Å². The van der Waals surface area contributed by atoms with Crippen molar-refractivity contribution >= 4 is 5.71 Å². The molecule has 2 nitrogen and oxygen atoms in total. The Bertz CT molecular complexity index is 764.